The molecule has 1 heterocycles. The molecule has 1 amide bonds. The lowest BCUT2D eigenvalue weighted by atomic mass is 9.96. The van der Waals surface area contributed by atoms with Crippen LogP contribution in [0.1, 0.15) is 23.2 Å². The van der Waals surface area contributed by atoms with Crippen LogP contribution in [-0.4, -0.2) is 35.0 Å². The summed E-state index contributed by atoms with van der Waals surface area (Å²) in [4.78, 5) is 34.3. The maximum Gasteiger partial charge on any atom is 0.306 e. The van der Waals surface area contributed by atoms with Gasteiger partial charge in [-0.1, -0.05) is 0 Å². The second kappa shape index (κ2) is 5.78. The molecule has 0 saturated carbocycles. The van der Waals surface area contributed by atoms with Crippen LogP contribution in [0.2, 0.25) is 0 Å². The van der Waals surface area contributed by atoms with Crippen molar-refractivity contribution >= 4 is 23.3 Å². The molecular formula is C13H15N3O5. The van der Waals surface area contributed by atoms with Gasteiger partial charge in [0.2, 0.25) is 0 Å². The molecule has 1 saturated heterocycles. The van der Waals surface area contributed by atoms with Crippen LogP contribution in [0.15, 0.2) is 18.2 Å². The Morgan fingerprint density at radius 1 is 1.33 bits per heavy atom. The Kier molecular flexibility index (Phi) is 4.06. The number of nitro groups is 1. The summed E-state index contributed by atoms with van der Waals surface area (Å²) in [5, 5.41) is 19.8. The number of amides is 1. The Morgan fingerprint density at radius 3 is 2.43 bits per heavy atom. The Balaban J connectivity index is 2.22. The molecule has 8 nitrogen and oxygen atoms in total. The minimum absolute atomic E-state index is 0.141. The van der Waals surface area contributed by atoms with Crippen molar-refractivity contribution in [3.05, 3.63) is 33.9 Å². The van der Waals surface area contributed by atoms with Crippen molar-refractivity contribution in [2.24, 2.45) is 11.7 Å². The SMILES string of the molecule is NC(=O)c1cc(N2CCC(C(=O)O)CC2)ccc1[N+](=O)[O-]. The maximum atomic E-state index is 11.3. The molecule has 0 radical (unpaired) electrons. The normalized spacial score (nSPS) is 15.7. The second-order valence-electron chi connectivity index (χ2n) is 4.92. The number of carboxylic acids is 1. The molecule has 8 heteroatoms. The molecule has 3 N–H and O–H groups in total. The molecule has 1 aliphatic rings. The summed E-state index contributed by atoms with van der Waals surface area (Å²) in [5.74, 6) is -2.03. The summed E-state index contributed by atoms with van der Waals surface area (Å²) in [5.41, 5.74) is 5.34. The molecule has 0 atom stereocenters. The first-order chi connectivity index (χ1) is 9.90. The molecule has 112 valence electrons. The quantitative estimate of drug-likeness (QED) is 0.629. The molecule has 0 bridgehead atoms. The Hall–Kier alpha value is -2.64. The number of aliphatic carboxylic acids is 1. The number of nitrogens with two attached hydrogens (primary N) is 1. The van der Waals surface area contributed by atoms with Gasteiger partial charge in [-0.25, -0.2) is 0 Å². The third-order valence-corrected chi connectivity index (χ3v) is 3.65. The van der Waals surface area contributed by atoms with Crippen molar-refractivity contribution in [1.29, 1.82) is 0 Å². The van der Waals surface area contributed by atoms with E-state index in [0.29, 0.717) is 31.6 Å². The highest BCUT2D eigenvalue weighted by Crippen LogP contribution is 2.28. The number of rotatable bonds is 4. The molecule has 0 aliphatic carbocycles. The zero-order valence-corrected chi connectivity index (χ0v) is 11.2. The number of hydrogen-bond donors (Lipinski definition) is 2. The molecule has 1 fully saturated rings. The minimum Gasteiger partial charge on any atom is -0.481 e. The summed E-state index contributed by atoms with van der Waals surface area (Å²) in [7, 11) is 0. The van der Waals surface area contributed by atoms with Gasteiger partial charge in [-0.3, -0.25) is 19.7 Å². The molecule has 0 aromatic heterocycles. The summed E-state index contributed by atoms with van der Waals surface area (Å²) in [6.45, 7) is 1.04. The van der Waals surface area contributed by atoms with E-state index in [0.717, 1.165) is 0 Å². The van der Waals surface area contributed by atoms with Crippen LogP contribution in [0, 0.1) is 16.0 Å². The number of hydrogen-bond acceptors (Lipinski definition) is 5. The van der Waals surface area contributed by atoms with E-state index in [1.165, 1.54) is 12.1 Å². The van der Waals surface area contributed by atoms with Gasteiger partial charge < -0.3 is 15.7 Å². The maximum absolute atomic E-state index is 11.3. The largest absolute Gasteiger partial charge is 0.481 e. The molecule has 1 aliphatic heterocycles. The van der Waals surface area contributed by atoms with Crippen LogP contribution >= 0.6 is 0 Å². The number of nitrogens with zero attached hydrogens (tertiary/aromatic N) is 2. The van der Waals surface area contributed by atoms with Crippen molar-refractivity contribution in [2.45, 2.75) is 12.8 Å². The number of anilines is 1. The zero-order valence-electron chi connectivity index (χ0n) is 11.2. The van der Waals surface area contributed by atoms with E-state index in [4.69, 9.17) is 10.8 Å². The molecule has 0 unspecified atom stereocenters. The zero-order chi connectivity index (χ0) is 15.6. The van der Waals surface area contributed by atoms with Gasteiger partial charge in [0, 0.05) is 24.8 Å². The van der Waals surface area contributed by atoms with Crippen LogP contribution in [0.5, 0.6) is 0 Å². The van der Waals surface area contributed by atoms with Crippen molar-refractivity contribution in [1.82, 2.24) is 0 Å². The molecule has 0 spiro atoms. The lowest BCUT2D eigenvalue weighted by Crippen LogP contribution is -2.36. The fraction of sp³-hybridized carbons (Fsp3) is 0.385. The summed E-state index contributed by atoms with van der Waals surface area (Å²) in [6.07, 6.45) is 0.996. The number of piperidine rings is 1. The van der Waals surface area contributed by atoms with Crippen molar-refractivity contribution < 1.29 is 19.6 Å². The first-order valence-electron chi connectivity index (χ1n) is 6.46. The van der Waals surface area contributed by atoms with Crippen LogP contribution in [0.25, 0.3) is 0 Å². The van der Waals surface area contributed by atoms with Gasteiger partial charge >= 0.3 is 5.97 Å². The fourth-order valence-electron chi connectivity index (χ4n) is 2.46. The van der Waals surface area contributed by atoms with Gasteiger partial charge in [-0.2, -0.15) is 0 Å². The van der Waals surface area contributed by atoms with E-state index < -0.39 is 16.8 Å². The summed E-state index contributed by atoms with van der Waals surface area (Å²) >= 11 is 0. The van der Waals surface area contributed by atoms with E-state index in [1.54, 1.807) is 6.07 Å². The molecule has 2 rings (SSSR count). The van der Waals surface area contributed by atoms with E-state index in [1.807, 2.05) is 4.90 Å². The highest BCUT2D eigenvalue weighted by Gasteiger charge is 2.26. The number of primary amides is 1. The van der Waals surface area contributed by atoms with E-state index in [2.05, 4.69) is 0 Å². The lowest BCUT2D eigenvalue weighted by Gasteiger charge is -2.32. The molecular weight excluding hydrogens is 278 g/mol. The van der Waals surface area contributed by atoms with E-state index in [9.17, 15) is 19.7 Å². The van der Waals surface area contributed by atoms with E-state index in [-0.39, 0.29) is 17.2 Å². The first kappa shape index (κ1) is 14.8. The molecule has 1 aromatic carbocycles. The predicted molar refractivity (Wildman–Crippen MR) is 74.2 cm³/mol. The highest BCUT2D eigenvalue weighted by atomic mass is 16.6. The van der Waals surface area contributed by atoms with Crippen molar-refractivity contribution in [2.75, 3.05) is 18.0 Å². The number of benzene rings is 1. The fourth-order valence-corrected chi connectivity index (χ4v) is 2.46. The third kappa shape index (κ3) is 3.10. The van der Waals surface area contributed by atoms with Crippen LogP contribution < -0.4 is 10.6 Å². The number of carbonyl (C=O) groups is 2. The molecule has 1 aromatic rings. The van der Waals surface area contributed by atoms with Crippen molar-refractivity contribution in [3.63, 3.8) is 0 Å². The first-order valence-corrected chi connectivity index (χ1v) is 6.46. The van der Waals surface area contributed by atoms with Gasteiger partial charge in [-0.05, 0) is 25.0 Å². The average molecular weight is 293 g/mol. The van der Waals surface area contributed by atoms with Crippen LogP contribution in [0.4, 0.5) is 11.4 Å². The summed E-state index contributed by atoms with van der Waals surface area (Å²) in [6, 6.07) is 4.19. The Labute approximate surface area is 120 Å². The second-order valence-corrected chi connectivity index (χ2v) is 4.92. The topological polar surface area (TPSA) is 127 Å². The monoisotopic (exact) mass is 293 g/mol. The van der Waals surface area contributed by atoms with Gasteiger partial charge in [-0.15, -0.1) is 0 Å². The van der Waals surface area contributed by atoms with Crippen LogP contribution in [0.3, 0.4) is 0 Å². The number of carboxylic acid groups (broad SMARTS) is 1. The highest BCUT2D eigenvalue weighted by molar-refractivity contribution is 5.98. The number of carbonyl (C=O) groups excluding carboxylic acids is 1. The Bertz CT molecular complexity index is 593. The van der Waals surface area contributed by atoms with Gasteiger partial charge in [0.15, 0.2) is 0 Å². The van der Waals surface area contributed by atoms with Gasteiger partial charge in [0.1, 0.15) is 5.56 Å². The average Bonchev–Trinajstić information content (AvgIpc) is 2.46. The van der Waals surface area contributed by atoms with Gasteiger partial charge in [0.05, 0.1) is 10.8 Å². The standard InChI is InChI=1S/C13H15N3O5/c14-12(17)10-7-9(1-2-11(10)16(20)21)15-5-3-8(4-6-15)13(18)19/h1-2,7-8H,3-6H2,(H2,14,17)(H,18,19). The summed E-state index contributed by atoms with van der Waals surface area (Å²) < 4.78 is 0. The number of nitro benzene ring substituents is 1. The van der Waals surface area contributed by atoms with E-state index >= 15 is 0 Å². The van der Waals surface area contributed by atoms with Crippen LogP contribution in [-0.2, 0) is 4.79 Å². The third-order valence-electron chi connectivity index (χ3n) is 3.65. The van der Waals surface area contributed by atoms with Crippen molar-refractivity contribution in [3.8, 4) is 0 Å². The van der Waals surface area contributed by atoms with Gasteiger partial charge in [0.25, 0.3) is 11.6 Å². The lowest BCUT2D eigenvalue weighted by molar-refractivity contribution is -0.385. The predicted octanol–water partition coefficient (Wildman–Crippen LogP) is 0.995. The minimum atomic E-state index is -0.857. The smallest absolute Gasteiger partial charge is 0.306 e. The molecule has 21 heavy (non-hydrogen) atoms. The Morgan fingerprint density at radius 2 is 1.95 bits per heavy atom.